The SMILES string of the molecule is C=C[CH]OS(=O)(=O)c1cccc([N+](=O)[O-])c1. The Bertz CT molecular complexity index is 508. The molecule has 1 rings (SSSR count). The highest BCUT2D eigenvalue weighted by Crippen LogP contribution is 2.19. The number of hydrogen-bond acceptors (Lipinski definition) is 5. The Hall–Kier alpha value is -1.73. The van der Waals surface area contributed by atoms with Gasteiger partial charge in [-0.05, 0) is 6.07 Å². The predicted molar refractivity (Wildman–Crippen MR) is 55.9 cm³/mol. The van der Waals surface area contributed by atoms with Crippen molar-refractivity contribution >= 4 is 15.8 Å². The zero-order chi connectivity index (χ0) is 12.2. The molecule has 0 N–H and O–H groups in total. The Morgan fingerprint density at radius 3 is 2.69 bits per heavy atom. The van der Waals surface area contributed by atoms with Gasteiger partial charge in [0.15, 0.2) is 0 Å². The lowest BCUT2D eigenvalue weighted by molar-refractivity contribution is -0.385. The van der Waals surface area contributed by atoms with Crippen LogP contribution in [0.4, 0.5) is 5.69 Å². The van der Waals surface area contributed by atoms with Crippen LogP contribution in [0.25, 0.3) is 0 Å². The molecule has 0 unspecified atom stereocenters. The summed E-state index contributed by atoms with van der Waals surface area (Å²) in [6.07, 6.45) is 1.15. The van der Waals surface area contributed by atoms with E-state index in [2.05, 4.69) is 10.8 Å². The van der Waals surface area contributed by atoms with Crippen molar-refractivity contribution in [3.8, 4) is 0 Å². The number of nitrogens with zero attached hydrogens (tertiary/aromatic N) is 1. The minimum Gasteiger partial charge on any atom is -0.258 e. The highest BCUT2D eigenvalue weighted by molar-refractivity contribution is 7.86. The van der Waals surface area contributed by atoms with Crippen molar-refractivity contribution in [1.29, 1.82) is 0 Å². The molecule has 1 aromatic rings. The van der Waals surface area contributed by atoms with Gasteiger partial charge in [0.1, 0.15) is 11.5 Å². The fourth-order valence-electron chi connectivity index (χ4n) is 0.921. The van der Waals surface area contributed by atoms with Crippen LogP contribution in [0.3, 0.4) is 0 Å². The molecule has 85 valence electrons. The second kappa shape index (κ2) is 4.86. The van der Waals surface area contributed by atoms with Crippen LogP contribution in [-0.2, 0) is 14.3 Å². The van der Waals surface area contributed by atoms with Crippen LogP contribution in [0.15, 0.2) is 41.8 Å². The Morgan fingerprint density at radius 2 is 2.12 bits per heavy atom. The van der Waals surface area contributed by atoms with E-state index < -0.39 is 15.0 Å². The average Bonchev–Trinajstić information content (AvgIpc) is 2.26. The van der Waals surface area contributed by atoms with Crippen LogP contribution in [0.1, 0.15) is 0 Å². The summed E-state index contributed by atoms with van der Waals surface area (Å²) < 4.78 is 27.3. The molecule has 6 nitrogen and oxygen atoms in total. The van der Waals surface area contributed by atoms with Crippen molar-refractivity contribution in [2.24, 2.45) is 0 Å². The molecule has 0 fully saturated rings. The minimum atomic E-state index is -4.01. The van der Waals surface area contributed by atoms with Crippen molar-refractivity contribution < 1.29 is 17.5 Å². The molecule has 0 atom stereocenters. The summed E-state index contributed by atoms with van der Waals surface area (Å²) in [4.78, 5) is 9.48. The first-order chi connectivity index (χ1) is 7.47. The van der Waals surface area contributed by atoms with Crippen LogP contribution in [0.2, 0.25) is 0 Å². The first-order valence-corrected chi connectivity index (χ1v) is 5.50. The Kier molecular flexibility index (Phi) is 3.75. The Balaban J connectivity index is 3.08. The lowest BCUT2D eigenvalue weighted by Crippen LogP contribution is -2.04. The molecule has 0 spiro atoms. The van der Waals surface area contributed by atoms with Gasteiger partial charge >= 0.3 is 0 Å². The topological polar surface area (TPSA) is 86.5 Å². The van der Waals surface area contributed by atoms with Crippen LogP contribution in [-0.4, -0.2) is 13.3 Å². The quantitative estimate of drug-likeness (QED) is 0.445. The third kappa shape index (κ3) is 2.88. The molecular formula is C9H8NO5S. The van der Waals surface area contributed by atoms with Gasteiger partial charge in [-0.15, -0.1) is 6.58 Å². The van der Waals surface area contributed by atoms with Gasteiger partial charge in [0.25, 0.3) is 15.8 Å². The van der Waals surface area contributed by atoms with E-state index in [1.165, 1.54) is 18.2 Å². The summed E-state index contributed by atoms with van der Waals surface area (Å²) in [6, 6.07) is 4.59. The maximum Gasteiger partial charge on any atom is 0.297 e. The number of hydrogen-bond donors (Lipinski definition) is 0. The standard InChI is InChI=1S/C9H8NO5S/c1-2-6-15-16(13,14)9-5-3-4-8(7-9)10(11)12/h2-7H,1H2. The van der Waals surface area contributed by atoms with Crippen molar-refractivity contribution in [3.63, 3.8) is 0 Å². The molecule has 0 amide bonds. The van der Waals surface area contributed by atoms with Crippen molar-refractivity contribution in [2.75, 3.05) is 0 Å². The van der Waals surface area contributed by atoms with Crippen molar-refractivity contribution in [2.45, 2.75) is 4.90 Å². The van der Waals surface area contributed by atoms with E-state index in [4.69, 9.17) is 0 Å². The second-order valence-electron chi connectivity index (χ2n) is 2.68. The van der Waals surface area contributed by atoms with E-state index in [9.17, 15) is 18.5 Å². The summed E-state index contributed by atoms with van der Waals surface area (Å²) in [5, 5.41) is 10.4. The normalized spacial score (nSPS) is 11.0. The van der Waals surface area contributed by atoms with Gasteiger partial charge in [0.05, 0.1) is 4.92 Å². The van der Waals surface area contributed by atoms with Crippen LogP contribution >= 0.6 is 0 Å². The zero-order valence-corrected chi connectivity index (χ0v) is 8.88. The number of non-ortho nitro benzene ring substituents is 1. The molecule has 0 aliphatic rings. The van der Waals surface area contributed by atoms with Gasteiger partial charge in [0, 0.05) is 12.1 Å². The monoisotopic (exact) mass is 242 g/mol. The summed E-state index contributed by atoms with van der Waals surface area (Å²) >= 11 is 0. The summed E-state index contributed by atoms with van der Waals surface area (Å²) in [6.45, 7) is 4.13. The number of nitro groups is 1. The average molecular weight is 242 g/mol. The van der Waals surface area contributed by atoms with Crippen LogP contribution in [0, 0.1) is 16.7 Å². The molecule has 7 heteroatoms. The summed E-state index contributed by atoms with van der Waals surface area (Å²) in [7, 11) is -4.01. The van der Waals surface area contributed by atoms with Crippen molar-refractivity contribution in [1.82, 2.24) is 0 Å². The Labute approximate surface area is 92.4 Å². The lowest BCUT2D eigenvalue weighted by Gasteiger charge is -2.02. The molecule has 16 heavy (non-hydrogen) atoms. The third-order valence-corrected chi connectivity index (χ3v) is 2.79. The fraction of sp³-hybridized carbons (Fsp3) is 0. The van der Waals surface area contributed by atoms with Crippen molar-refractivity contribution in [3.05, 3.63) is 53.6 Å². The number of rotatable bonds is 5. The van der Waals surface area contributed by atoms with E-state index in [0.29, 0.717) is 0 Å². The van der Waals surface area contributed by atoms with E-state index >= 15 is 0 Å². The molecule has 0 aliphatic heterocycles. The Morgan fingerprint density at radius 1 is 1.44 bits per heavy atom. The molecule has 0 saturated heterocycles. The summed E-state index contributed by atoms with van der Waals surface area (Å²) in [5.74, 6) is 0. The fourth-order valence-corrected chi connectivity index (χ4v) is 1.77. The molecule has 0 bridgehead atoms. The zero-order valence-electron chi connectivity index (χ0n) is 8.07. The van der Waals surface area contributed by atoms with Crippen LogP contribution < -0.4 is 0 Å². The van der Waals surface area contributed by atoms with E-state index in [1.807, 2.05) is 0 Å². The smallest absolute Gasteiger partial charge is 0.258 e. The molecule has 1 radical (unpaired) electrons. The maximum atomic E-state index is 11.4. The largest absolute Gasteiger partial charge is 0.297 e. The molecule has 1 aromatic carbocycles. The van der Waals surface area contributed by atoms with Gasteiger partial charge in [-0.3, -0.25) is 14.3 Å². The van der Waals surface area contributed by atoms with Crippen LogP contribution in [0.5, 0.6) is 0 Å². The van der Waals surface area contributed by atoms with Gasteiger partial charge in [-0.2, -0.15) is 8.42 Å². The molecular weight excluding hydrogens is 234 g/mol. The van der Waals surface area contributed by atoms with Gasteiger partial charge in [-0.1, -0.05) is 12.1 Å². The number of nitro benzene ring substituents is 1. The molecule has 0 saturated carbocycles. The van der Waals surface area contributed by atoms with Gasteiger partial charge in [0.2, 0.25) is 0 Å². The second-order valence-corrected chi connectivity index (χ2v) is 4.25. The minimum absolute atomic E-state index is 0.278. The van der Waals surface area contributed by atoms with E-state index in [1.54, 1.807) is 0 Å². The first-order valence-electron chi connectivity index (χ1n) is 4.09. The highest BCUT2D eigenvalue weighted by atomic mass is 32.2. The third-order valence-electron chi connectivity index (χ3n) is 1.60. The molecule has 0 aromatic heterocycles. The van der Waals surface area contributed by atoms with Gasteiger partial charge in [-0.25, -0.2) is 0 Å². The lowest BCUT2D eigenvalue weighted by atomic mass is 10.3. The summed E-state index contributed by atoms with van der Waals surface area (Å²) in [5.41, 5.74) is -0.316. The van der Waals surface area contributed by atoms with E-state index in [-0.39, 0.29) is 10.6 Å². The highest BCUT2D eigenvalue weighted by Gasteiger charge is 2.17. The molecule has 0 heterocycles. The number of benzene rings is 1. The van der Waals surface area contributed by atoms with E-state index in [0.717, 1.165) is 18.7 Å². The predicted octanol–water partition coefficient (Wildman–Crippen LogP) is 1.65. The first kappa shape index (κ1) is 12.3. The van der Waals surface area contributed by atoms with Gasteiger partial charge < -0.3 is 0 Å². The molecule has 0 aliphatic carbocycles. The maximum absolute atomic E-state index is 11.4.